The number of hydrogen-bond acceptors (Lipinski definition) is 4. The lowest BCUT2D eigenvalue weighted by Gasteiger charge is -2.36. The number of hydrogen-bond donors (Lipinski definition) is 3. The van der Waals surface area contributed by atoms with E-state index < -0.39 is 5.60 Å². The molecule has 1 aliphatic heterocycles. The summed E-state index contributed by atoms with van der Waals surface area (Å²) in [6.45, 7) is 5.81. The largest absolute Gasteiger partial charge is 0.388 e. The smallest absolute Gasteiger partial charge is 0.191 e. The maximum atomic E-state index is 10.5. The molecule has 0 radical (unpaired) electrons. The standard InChI is InChI=1S/C13H25N3O/c1-3-11-4-6-13(17,7-5-11)9-15-12-14-8-10(2)16-12/h10-11,17H,3-9H2,1-2H3,(H2,14,15,16). The van der Waals surface area contributed by atoms with Gasteiger partial charge >= 0.3 is 0 Å². The quantitative estimate of drug-likeness (QED) is 0.695. The third kappa shape index (κ3) is 3.35. The van der Waals surface area contributed by atoms with Crippen molar-refractivity contribution < 1.29 is 5.11 Å². The fourth-order valence-corrected chi connectivity index (χ4v) is 2.71. The summed E-state index contributed by atoms with van der Waals surface area (Å²) < 4.78 is 0. The van der Waals surface area contributed by atoms with Gasteiger partial charge in [0.05, 0.1) is 12.1 Å². The first-order valence-electron chi connectivity index (χ1n) is 6.88. The van der Waals surface area contributed by atoms with Crippen LogP contribution in [0.2, 0.25) is 0 Å². The van der Waals surface area contributed by atoms with E-state index in [2.05, 4.69) is 29.5 Å². The summed E-state index contributed by atoms with van der Waals surface area (Å²) >= 11 is 0. The van der Waals surface area contributed by atoms with Crippen LogP contribution in [0.5, 0.6) is 0 Å². The van der Waals surface area contributed by atoms with Crippen LogP contribution in [0.1, 0.15) is 46.0 Å². The Bertz CT molecular complexity index is 282. The Hall–Kier alpha value is -0.770. The van der Waals surface area contributed by atoms with Crippen molar-refractivity contribution in [1.29, 1.82) is 0 Å². The molecule has 4 heteroatoms. The lowest BCUT2D eigenvalue weighted by Crippen LogP contribution is -2.48. The minimum atomic E-state index is -0.526. The SMILES string of the molecule is CCC1CCC(O)(CNC2=NCC(C)N2)CC1. The third-order valence-electron chi connectivity index (χ3n) is 4.10. The van der Waals surface area contributed by atoms with Crippen LogP contribution in [0.4, 0.5) is 0 Å². The maximum absolute atomic E-state index is 10.5. The zero-order chi connectivity index (χ0) is 12.3. The summed E-state index contributed by atoms with van der Waals surface area (Å²) in [6.07, 6.45) is 5.40. The molecule has 1 heterocycles. The molecular formula is C13H25N3O. The van der Waals surface area contributed by atoms with Gasteiger partial charge in [-0.25, -0.2) is 0 Å². The number of nitrogens with one attached hydrogen (secondary N) is 2. The van der Waals surface area contributed by atoms with E-state index in [1.54, 1.807) is 0 Å². The minimum absolute atomic E-state index is 0.419. The summed E-state index contributed by atoms with van der Waals surface area (Å²) in [5.41, 5.74) is -0.526. The van der Waals surface area contributed by atoms with Crippen LogP contribution in [-0.4, -0.2) is 35.8 Å². The highest BCUT2D eigenvalue weighted by molar-refractivity contribution is 5.81. The molecule has 0 saturated heterocycles. The van der Waals surface area contributed by atoms with Crippen molar-refractivity contribution in [2.75, 3.05) is 13.1 Å². The molecular weight excluding hydrogens is 214 g/mol. The Morgan fingerprint density at radius 2 is 2.18 bits per heavy atom. The second-order valence-corrected chi connectivity index (χ2v) is 5.66. The van der Waals surface area contributed by atoms with Crippen LogP contribution < -0.4 is 10.6 Å². The summed E-state index contributed by atoms with van der Waals surface area (Å²) in [5, 5.41) is 17.0. The van der Waals surface area contributed by atoms with Crippen molar-refractivity contribution in [3.63, 3.8) is 0 Å². The summed E-state index contributed by atoms with van der Waals surface area (Å²) in [7, 11) is 0. The Kier molecular flexibility index (Phi) is 3.92. The maximum Gasteiger partial charge on any atom is 0.191 e. The molecule has 0 aromatic carbocycles. The molecule has 1 saturated carbocycles. The van der Waals surface area contributed by atoms with Gasteiger partial charge in [-0.1, -0.05) is 13.3 Å². The predicted octanol–water partition coefficient (Wildman–Crippen LogP) is 1.25. The molecule has 1 atom stereocenters. The molecule has 0 amide bonds. The highest BCUT2D eigenvalue weighted by Gasteiger charge is 2.32. The molecule has 0 aromatic rings. The first-order chi connectivity index (χ1) is 8.11. The highest BCUT2D eigenvalue weighted by Crippen LogP contribution is 2.33. The van der Waals surface area contributed by atoms with Gasteiger partial charge in [-0.3, -0.25) is 4.99 Å². The Balaban J connectivity index is 1.75. The van der Waals surface area contributed by atoms with Crippen LogP contribution in [0.3, 0.4) is 0 Å². The van der Waals surface area contributed by atoms with Gasteiger partial charge in [-0.2, -0.15) is 0 Å². The van der Waals surface area contributed by atoms with Crippen molar-refractivity contribution >= 4 is 5.96 Å². The van der Waals surface area contributed by atoms with Gasteiger partial charge in [0.2, 0.25) is 0 Å². The monoisotopic (exact) mass is 239 g/mol. The normalized spacial score (nSPS) is 37.5. The van der Waals surface area contributed by atoms with Gasteiger partial charge in [0.1, 0.15) is 0 Å². The number of nitrogens with zero attached hydrogens (tertiary/aromatic N) is 1. The second kappa shape index (κ2) is 5.25. The van der Waals surface area contributed by atoms with Crippen LogP contribution in [0, 0.1) is 5.92 Å². The van der Waals surface area contributed by atoms with Gasteiger partial charge < -0.3 is 15.7 Å². The van der Waals surface area contributed by atoms with Crippen molar-refractivity contribution in [1.82, 2.24) is 10.6 Å². The van der Waals surface area contributed by atoms with E-state index in [4.69, 9.17) is 0 Å². The Labute approximate surface area is 104 Å². The van der Waals surface area contributed by atoms with Gasteiger partial charge in [-0.15, -0.1) is 0 Å². The van der Waals surface area contributed by atoms with E-state index in [9.17, 15) is 5.11 Å². The topological polar surface area (TPSA) is 56.6 Å². The van der Waals surface area contributed by atoms with Gasteiger partial charge in [-0.05, 0) is 38.5 Å². The first-order valence-corrected chi connectivity index (χ1v) is 6.88. The molecule has 2 rings (SSSR count). The molecule has 0 bridgehead atoms. The lowest BCUT2D eigenvalue weighted by molar-refractivity contribution is -0.00519. The zero-order valence-corrected chi connectivity index (χ0v) is 11.0. The van der Waals surface area contributed by atoms with Crippen LogP contribution >= 0.6 is 0 Å². The third-order valence-corrected chi connectivity index (χ3v) is 4.10. The Morgan fingerprint density at radius 1 is 1.47 bits per heavy atom. The summed E-state index contributed by atoms with van der Waals surface area (Å²) in [5.74, 6) is 1.67. The lowest BCUT2D eigenvalue weighted by atomic mass is 9.78. The minimum Gasteiger partial charge on any atom is -0.388 e. The van der Waals surface area contributed by atoms with E-state index in [-0.39, 0.29) is 0 Å². The summed E-state index contributed by atoms with van der Waals surface area (Å²) in [4.78, 5) is 4.35. The van der Waals surface area contributed by atoms with Crippen LogP contribution in [-0.2, 0) is 0 Å². The molecule has 0 spiro atoms. The average molecular weight is 239 g/mol. The van der Waals surface area contributed by atoms with E-state index in [1.165, 1.54) is 6.42 Å². The highest BCUT2D eigenvalue weighted by atomic mass is 16.3. The number of rotatable bonds is 3. The molecule has 4 nitrogen and oxygen atoms in total. The molecule has 0 aromatic heterocycles. The van der Waals surface area contributed by atoms with E-state index in [0.29, 0.717) is 12.6 Å². The van der Waals surface area contributed by atoms with Gasteiger partial charge in [0.25, 0.3) is 0 Å². The van der Waals surface area contributed by atoms with Gasteiger partial charge in [0.15, 0.2) is 5.96 Å². The fraction of sp³-hybridized carbons (Fsp3) is 0.923. The summed E-state index contributed by atoms with van der Waals surface area (Å²) in [6, 6.07) is 0.419. The van der Waals surface area contributed by atoms with Crippen LogP contribution in [0.25, 0.3) is 0 Å². The van der Waals surface area contributed by atoms with Gasteiger partial charge in [0, 0.05) is 12.6 Å². The molecule has 98 valence electrons. The van der Waals surface area contributed by atoms with Crippen molar-refractivity contribution in [2.45, 2.75) is 57.6 Å². The molecule has 3 N–H and O–H groups in total. The Morgan fingerprint density at radius 3 is 2.71 bits per heavy atom. The average Bonchev–Trinajstić information content (AvgIpc) is 2.74. The predicted molar refractivity (Wildman–Crippen MR) is 70.1 cm³/mol. The molecule has 17 heavy (non-hydrogen) atoms. The number of guanidine groups is 1. The van der Waals surface area contributed by atoms with Crippen LogP contribution in [0.15, 0.2) is 4.99 Å². The first kappa shape index (κ1) is 12.7. The van der Waals surface area contributed by atoms with E-state index in [0.717, 1.165) is 44.1 Å². The number of aliphatic imine (C=N–C) groups is 1. The fourth-order valence-electron chi connectivity index (χ4n) is 2.71. The molecule has 1 fully saturated rings. The van der Waals surface area contributed by atoms with Crippen molar-refractivity contribution in [3.8, 4) is 0 Å². The van der Waals surface area contributed by atoms with E-state index in [1.807, 2.05) is 0 Å². The molecule has 2 aliphatic rings. The molecule has 1 unspecified atom stereocenters. The number of aliphatic hydroxyl groups is 1. The van der Waals surface area contributed by atoms with Crippen molar-refractivity contribution in [2.24, 2.45) is 10.9 Å². The second-order valence-electron chi connectivity index (χ2n) is 5.66. The zero-order valence-electron chi connectivity index (χ0n) is 11.0. The van der Waals surface area contributed by atoms with Crippen molar-refractivity contribution in [3.05, 3.63) is 0 Å². The van der Waals surface area contributed by atoms with E-state index >= 15 is 0 Å². The molecule has 1 aliphatic carbocycles.